The maximum absolute atomic E-state index is 12.4. The number of carbonyl (C=O) groups excluding carboxylic acids is 1. The lowest BCUT2D eigenvalue weighted by molar-refractivity contribution is -0.384. The summed E-state index contributed by atoms with van der Waals surface area (Å²) in [5.74, 6) is 0.0312. The molecule has 0 aromatic heterocycles. The van der Waals surface area contributed by atoms with Crippen LogP contribution in [0.25, 0.3) is 0 Å². The van der Waals surface area contributed by atoms with Crippen LogP contribution in [0.1, 0.15) is 21.5 Å². The molecule has 144 valence electrons. The number of carbonyl (C=O) groups is 1. The lowest BCUT2D eigenvalue weighted by atomic mass is 10.1. The van der Waals surface area contributed by atoms with Crippen molar-refractivity contribution in [3.63, 3.8) is 0 Å². The molecule has 0 aliphatic rings. The Morgan fingerprint density at radius 2 is 1.93 bits per heavy atom. The van der Waals surface area contributed by atoms with Crippen molar-refractivity contribution in [2.75, 3.05) is 5.32 Å². The van der Waals surface area contributed by atoms with E-state index in [-0.39, 0.29) is 22.9 Å². The second-order valence-electron chi connectivity index (χ2n) is 6.00. The number of halogens is 1. The molecule has 0 bridgehead atoms. The Hall–Kier alpha value is -3.89. The van der Waals surface area contributed by atoms with Crippen molar-refractivity contribution >= 4 is 28.9 Å². The summed E-state index contributed by atoms with van der Waals surface area (Å²) in [7, 11) is 0. The number of anilines is 1. The normalized spacial score (nSPS) is 10.1. The lowest BCUT2D eigenvalue weighted by Crippen LogP contribution is -2.12. The Kier molecular flexibility index (Phi) is 6.07. The Balaban J connectivity index is 1.68. The summed E-state index contributed by atoms with van der Waals surface area (Å²) in [6.07, 6.45) is 0. The van der Waals surface area contributed by atoms with Crippen LogP contribution in [0.3, 0.4) is 0 Å². The number of hydrogen-bond donors (Lipinski definition) is 1. The van der Waals surface area contributed by atoms with Gasteiger partial charge in [0, 0.05) is 23.9 Å². The van der Waals surface area contributed by atoms with E-state index in [1.54, 1.807) is 42.5 Å². The first kappa shape index (κ1) is 19.9. The van der Waals surface area contributed by atoms with Crippen LogP contribution in [0.5, 0.6) is 5.75 Å². The second kappa shape index (κ2) is 8.87. The molecule has 0 aliphatic carbocycles. The number of non-ortho nitro benzene ring substituents is 1. The fourth-order valence-corrected chi connectivity index (χ4v) is 2.82. The van der Waals surface area contributed by atoms with Crippen LogP contribution in [-0.4, -0.2) is 10.8 Å². The van der Waals surface area contributed by atoms with Crippen molar-refractivity contribution in [2.24, 2.45) is 0 Å². The van der Waals surface area contributed by atoms with Crippen molar-refractivity contribution in [2.45, 2.75) is 6.61 Å². The first-order chi connectivity index (χ1) is 14.0. The van der Waals surface area contributed by atoms with Gasteiger partial charge in [-0.2, -0.15) is 5.26 Å². The van der Waals surface area contributed by atoms with Crippen molar-refractivity contribution in [1.29, 1.82) is 5.26 Å². The Labute approximate surface area is 171 Å². The highest BCUT2D eigenvalue weighted by atomic mass is 35.5. The lowest BCUT2D eigenvalue weighted by Gasteiger charge is -2.10. The van der Waals surface area contributed by atoms with Gasteiger partial charge < -0.3 is 10.1 Å². The van der Waals surface area contributed by atoms with E-state index in [1.807, 2.05) is 6.07 Å². The number of ether oxygens (including phenoxy) is 1. The zero-order valence-corrected chi connectivity index (χ0v) is 15.7. The minimum absolute atomic E-state index is 0.0125. The number of hydrogen-bond acceptors (Lipinski definition) is 5. The monoisotopic (exact) mass is 407 g/mol. The van der Waals surface area contributed by atoms with Crippen LogP contribution in [0, 0.1) is 21.4 Å². The molecule has 0 fully saturated rings. The molecule has 0 radical (unpaired) electrons. The minimum Gasteiger partial charge on any atom is -0.489 e. The standard InChI is InChI=1S/C21H14ClN3O4/c22-20-11-17(25(27)28)7-8-19(20)21(26)24-16-5-2-6-18(10-16)29-13-15-4-1-3-14(9-15)12-23/h1-11H,13H2,(H,24,26). The molecule has 3 rings (SSSR count). The zero-order chi connectivity index (χ0) is 20.8. The van der Waals surface area contributed by atoms with E-state index >= 15 is 0 Å². The van der Waals surface area contributed by atoms with Gasteiger partial charge in [-0.1, -0.05) is 29.8 Å². The van der Waals surface area contributed by atoms with Gasteiger partial charge in [-0.15, -0.1) is 0 Å². The Morgan fingerprint density at radius 1 is 1.14 bits per heavy atom. The predicted molar refractivity (Wildman–Crippen MR) is 108 cm³/mol. The van der Waals surface area contributed by atoms with E-state index in [1.165, 1.54) is 12.1 Å². The van der Waals surface area contributed by atoms with Gasteiger partial charge in [-0.05, 0) is 35.9 Å². The molecule has 8 heteroatoms. The van der Waals surface area contributed by atoms with E-state index in [9.17, 15) is 14.9 Å². The maximum atomic E-state index is 12.4. The van der Waals surface area contributed by atoms with Gasteiger partial charge in [-0.25, -0.2) is 0 Å². The van der Waals surface area contributed by atoms with Crippen LogP contribution < -0.4 is 10.1 Å². The number of nitriles is 1. The molecule has 0 saturated heterocycles. The number of nitrogens with one attached hydrogen (secondary N) is 1. The van der Waals surface area contributed by atoms with Crippen molar-refractivity contribution < 1.29 is 14.5 Å². The van der Waals surface area contributed by atoms with Gasteiger partial charge in [0.05, 0.1) is 27.1 Å². The van der Waals surface area contributed by atoms with Crippen LogP contribution >= 0.6 is 11.6 Å². The third-order valence-corrected chi connectivity index (χ3v) is 4.27. The van der Waals surface area contributed by atoms with Crippen molar-refractivity contribution in [3.8, 4) is 11.8 Å². The molecule has 0 aliphatic heterocycles. The molecule has 0 heterocycles. The first-order valence-electron chi connectivity index (χ1n) is 8.43. The number of nitro benzene ring substituents is 1. The zero-order valence-electron chi connectivity index (χ0n) is 15.0. The molecular weight excluding hydrogens is 394 g/mol. The topological polar surface area (TPSA) is 105 Å². The van der Waals surface area contributed by atoms with Gasteiger partial charge in [0.1, 0.15) is 12.4 Å². The van der Waals surface area contributed by atoms with Crippen LogP contribution in [-0.2, 0) is 6.61 Å². The molecule has 7 nitrogen and oxygen atoms in total. The maximum Gasteiger partial charge on any atom is 0.270 e. The molecule has 0 spiro atoms. The van der Waals surface area contributed by atoms with E-state index < -0.39 is 10.8 Å². The summed E-state index contributed by atoms with van der Waals surface area (Å²) in [4.78, 5) is 22.6. The number of nitrogens with zero attached hydrogens (tertiary/aromatic N) is 2. The molecular formula is C21H14ClN3O4. The first-order valence-corrected chi connectivity index (χ1v) is 8.81. The smallest absolute Gasteiger partial charge is 0.270 e. The average Bonchev–Trinajstić information content (AvgIpc) is 2.72. The number of rotatable bonds is 6. The summed E-state index contributed by atoms with van der Waals surface area (Å²) in [5.41, 5.74) is 1.80. The van der Waals surface area contributed by atoms with Gasteiger partial charge in [0.2, 0.25) is 0 Å². The largest absolute Gasteiger partial charge is 0.489 e. The van der Waals surface area contributed by atoms with Crippen LogP contribution in [0.2, 0.25) is 5.02 Å². The van der Waals surface area contributed by atoms with Crippen LogP contribution in [0.15, 0.2) is 66.7 Å². The number of amides is 1. The Morgan fingerprint density at radius 3 is 2.66 bits per heavy atom. The number of nitro groups is 1. The summed E-state index contributed by atoms with van der Waals surface area (Å²) >= 11 is 6.00. The molecule has 0 unspecified atom stereocenters. The molecule has 3 aromatic rings. The summed E-state index contributed by atoms with van der Waals surface area (Å²) in [6.45, 7) is 0.265. The SMILES string of the molecule is N#Cc1cccc(COc2cccc(NC(=O)c3ccc([N+](=O)[O-])cc3Cl)c2)c1. The highest BCUT2D eigenvalue weighted by molar-refractivity contribution is 6.34. The molecule has 0 atom stereocenters. The Bertz CT molecular complexity index is 1120. The minimum atomic E-state index is -0.583. The van der Waals surface area contributed by atoms with Gasteiger partial charge in [0.25, 0.3) is 11.6 Å². The fourth-order valence-electron chi connectivity index (χ4n) is 2.56. The van der Waals surface area contributed by atoms with Gasteiger partial charge >= 0.3 is 0 Å². The van der Waals surface area contributed by atoms with Crippen molar-refractivity contribution in [1.82, 2.24) is 0 Å². The second-order valence-corrected chi connectivity index (χ2v) is 6.41. The summed E-state index contributed by atoms with van der Waals surface area (Å²) in [6, 6.07) is 19.6. The predicted octanol–water partition coefficient (Wildman–Crippen LogP) is 4.95. The molecule has 3 aromatic carbocycles. The third kappa shape index (κ3) is 5.09. The average molecular weight is 408 g/mol. The van der Waals surface area contributed by atoms with E-state index in [4.69, 9.17) is 21.6 Å². The van der Waals surface area contributed by atoms with E-state index in [0.29, 0.717) is 17.0 Å². The van der Waals surface area contributed by atoms with E-state index in [2.05, 4.69) is 11.4 Å². The van der Waals surface area contributed by atoms with Gasteiger partial charge in [-0.3, -0.25) is 14.9 Å². The molecule has 0 saturated carbocycles. The van der Waals surface area contributed by atoms with Gasteiger partial charge in [0.15, 0.2) is 0 Å². The molecule has 1 amide bonds. The highest BCUT2D eigenvalue weighted by Gasteiger charge is 2.15. The van der Waals surface area contributed by atoms with Crippen molar-refractivity contribution in [3.05, 3.63) is 98.6 Å². The van der Waals surface area contributed by atoms with E-state index in [0.717, 1.165) is 11.6 Å². The quantitative estimate of drug-likeness (QED) is 0.459. The molecule has 29 heavy (non-hydrogen) atoms. The third-order valence-electron chi connectivity index (χ3n) is 3.96. The summed E-state index contributed by atoms with van der Waals surface area (Å²) < 4.78 is 5.72. The molecule has 1 N–H and O–H groups in total. The fraction of sp³-hybridized carbons (Fsp3) is 0.0476. The number of benzene rings is 3. The summed E-state index contributed by atoms with van der Waals surface area (Å²) in [5, 5.41) is 22.4. The highest BCUT2D eigenvalue weighted by Crippen LogP contribution is 2.24. The van der Waals surface area contributed by atoms with Crippen LogP contribution in [0.4, 0.5) is 11.4 Å².